The Morgan fingerprint density at radius 1 is 1.08 bits per heavy atom. The molecule has 1 amide bonds. The van der Waals surface area contributed by atoms with Crippen LogP contribution in [0.1, 0.15) is 0 Å². The van der Waals surface area contributed by atoms with Crippen LogP contribution in [0.3, 0.4) is 0 Å². The number of nitrogens with one attached hydrogen (secondary N) is 3. The standard InChI is InChI=1S/C28H33N7O3/c1-7-26(36)31-21-15-22(25(38-6)16-23(21)35(4)14-13-34(2)3)33-28-29-12-11-20(32-28)19-17-30-27-18(19)9-8-10-24(27)37-5/h7-12,15-17,30H,1,13-14H2,2-6H3,(H,31,36)(H,29,32,33). The number of hydrogen-bond donors (Lipinski definition) is 3. The fraction of sp³-hybridized carbons (Fsp3) is 0.250. The Morgan fingerprint density at radius 2 is 1.87 bits per heavy atom. The van der Waals surface area contributed by atoms with Crippen LogP contribution in [0.2, 0.25) is 0 Å². The number of ether oxygens (including phenoxy) is 2. The Kier molecular flexibility index (Phi) is 8.12. The van der Waals surface area contributed by atoms with E-state index in [1.165, 1.54) is 6.08 Å². The number of hydrogen-bond acceptors (Lipinski definition) is 8. The highest BCUT2D eigenvalue weighted by atomic mass is 16.5. The fourth-order valence-electron chi connectivity index (χ4n) is 4.10. The molecule has 10 nitrogen and oxygen atoms in total. The van der Waals surface area contributed by atoms with E-state index in [-0.39, 0.29) is 5.91 Å². The number of fused-ring (bicyclic) bond motifs is 1. The summed E-state index contributed by atoms with van der Waals surface area (Å²) in [6.45, 7) is 5.17. The number of methoxy groups -OCH3 is 2. The minimum Gasteiger partial charge on any atom is -0.495 e. The zero-order valence-corrected chi connectivity index (χ0v) is 22.3. The molecule has 0 saturated carbocycles. The summed E-state index contributed by atoms with van der Waals surface area (Å²) in [5, 5.41) is 7.16. The van der Waals surface area contributed by atoms with Crippen molar-refractivity contribution in [3.05, 3.63) is 61.4 Å². The largest absolute Gasteiger partial charge is 0.495 e. The van der Waals surface area contributed by atoms with E-state index in [2.05, 4.69) is 37.0 Å². The molecule has 38 heavy (non-hydrogen) atoms. The molecule has 0 saturated heterocycles. The third-order valence-corrected chi connectivity index (χ3v) is 6.13. The third-order valence-electron chi connectivity index (χ3n) is 6.13. The summed E-state index contributed by atoms with van der Waals surface area (Å²) < 4.78 is 11.2. The molecule has 10 heteroatoms. The van der Waals surface area contributed by atoms with Gasteiger partial charge in [-0.25, -0.2) is 9.97 Å². The Balaban J connectivity index is 1.70. The Hall–Kier alpha value is -4.57. The maximum Gasteiger partial charge on any atom is 0.247 e. The van der Waals surface area contributed by atoms with E-state index in [0.29, 0.717) is 23.1 Å². The molecule has 0 bridgehead atoms. The van der Waals surface area contributed by atoms with Gasteiger partial charge in [0.25, 0.3) is 0 Å². The first kappa shape index (κ1) is 26.5. The monoisotopic (exact) mass is 515 g/mol. The van der Waals surface area contributed by atoms with Crippen LogP contribution in [0.25, 0.3) is 22.2 Å². The van der Waals surface area contributed by atoms with Crippen molar-refractivity contribution in [1.82, 2.24) is 19.9 Å². The van der Waals surface area contributed by atoms with Crippen LogP contribution in [-0.2, 0) is 4.79 Å². The van der Waals surface area contributed by atoms with Crippen LogP contribution in [0.15, 0.2) is 61.4 Å². The minimum atomic E-state index is -0.309. The fourth-order valence-corrected chi connectivity index (χ4v) is 4.10. The number of carbonyl (C=O) groups is 1. The highest BCUT2D eigenvalue weighted by molar-refractivity contribution is 6.02. The van der Waals surface area contributed by atoms with Gasteiger partial charge in [0, 0.05) is 49.5 Å². The number of amides is 1. The van der Waals surface area contributed by atoms with E-state index in [1.54, 1.807) is 20.4 Å². The molecule has 0 fully saturated rings. The van der Waals surface area contributed by atoms with E-state index in [1.807, 2.05) is 63.7 Å². The van der Waals surface area contributed by atoms with Crippen molar-refractivity contribution in [1.29, 1.82) is 0 Å². The summed E-state index contributed by atoms with van der Waals surface area (Å²) in [5.41, 5.74) is 4.59. The van der Waals surface area contributed by atoms with Gasteiger partial charge in [-0.3, -0.25) is 4.79 Å². The molecule has 2 heterocycles. The molecule has 0 spiro atoms. The lowest BCUT2D eigenvalue weighted by Crippen LogP contribution is -2.29. The summed E-state index contributed by atoms with van der Waals surface area (Å²) in [7, 11) is 9.25. The third kappa shape index (κ3) is 5.70. The van der Waals surface area contributed by atoms with Gasteiger partial charge in [0.2, 0.25) is 11.9 Å². The van der Waals surface area contributed by atoms with Crippen LogP contribution in [0.5, 0.6) is 11.5 Å². The molecule has 4 aromatic rings. The summed E-state index contributed by atoms with van der Waals surface area (Å²) in [5.74, 6) is 1.42. The van der Waals surface area contributed by atoms with Crippen molar-refractivity contribution in [3.8, 4) is 22.8 Å². The van der Waals surface area contributed by atoms with Gasteiger partial charge in [0.1, 0.15) is 11.5 Å². The van der Waals surface area contributed by atoms with Gasteiger partial charge < -0.3 is 34.9 Å². The van der Waals surface area contributed by atoms with Crippen molar-refractivity contribution >= 4 is 39.8 Å². The second-order valence-electron chi connectivity index (χ2n) is 8.96. The minimum absolute atomic E-state index is 0.309. The van der Waals surface area contributed by atoms with E-state index < -0.39 is 0 Å². The average molecular weight is 516 g/mol. The highest BCUT2D eigenvalue weighted by Crippen LogP contribution is 2.38. The van der Waals surface area contributed by atoms with Crippen LogP contribution < -0.4 is 25.0 Å². The van der Waals surface area contributed by atoms with Crippen molar-refractivity contribution in [3.63, 3.8) is 0 Å². The lowest BCUT2D eigenvalue weighted by molar-refractivity contribution is -0.111. The molecule has 2 aromatic heterocycles. The summed E-state index contributed by atoms with van der Waals surface area (Å²) in [6, 6.07) is 11.4. The lowest BCUT2D eigenvalue weighted by Gasteiger charge is -2.26. The molecular weight excluding hydrogens is 482 g/mol. The average Bonchev–Trinajstić information content (AvgIpc) is 3.36. The highest BCUT2D eigenvalue weighted by Gasteiger charge is 2.17. The first-order chi connectivity index (χ1) is 18.3. The summed E-state index contributed by atoms with van der Waals surface area (Å²) >= 11 is 0. The second-order valence-corrected chi connectivity index (χ2v) is 8.96. The molecular formula is C28H33N7O3. The smallest absolute Gasteiger partial charge is 0.247 e. The van der Waals surface area contributed by atoms with Gasteiger partial charge in [-0.2, -0.15) is 0 Å². The van der Waals surface area contributed by atoms with Crippen LogP contribution >= 0.6 is 0 Å². The maximum atomic E-state index is 12.2. The molecule has 0 radical (unpaired) electrons. The number of likely N-dealkylation sites (N-methyl/N-ethyl adjacent to an activating group) is 2. The Labute approximate surface area is 222 Å². The van der Waals surface area contributed by atoms with Crippen LogP contribution in [0.4, 0.5) is 23.0 Å². The number of rotatable bonds is 11. The number of carbonyl (C=O) groups excluding carboxylic acids is 1. The number of nitrogens with zero attached hydrogens (tertiary/aromatic N) is 4. The number of para-hydroxylation sites is 1. The van der Waals surface area contributed by atoms with Crippen molar-refractivity contribution < 1.29 is 14.3 Å². The molecule has 2 aromatic carbocycles. The predicted octanol–water partition coefficient (Wildman–Crippen LogP) is 4.51. The van der Waals surface area contributed by atoms with Gasteiger partial charge in [-0.15, -0.1) is 0 Å². The quantitative estimate of drug-likeness (QED) is 0.251. The molecule has 0 aliphatic heterocycles. The molecule has 0 aliphatic carbocycles. The first-order valence-corrected chi connectivity index (χ1v) is 12.1. The SMILES string of the molecule is C=CC(=O)Nc1cc(Nc2nccc(-c3c[nH]c4c(OC)cccc34)n2)c(OC)cc1N(C)CCN(C)C. The normalized spacial score (nSPS) is 10.9. The first-order valence-electron chi connectivity index (χ1n) is 12.1. The zero-order chi connectivity index (χ0) is 27.2. The zero-order valence-electron chi connectivity index (χ0n) is 22.3. The molecule has 0 unspecified atom stereocenters. The number of H-pyrrole nitrogens is 1. The molecule has 4 rings (SSSR count). The van der Waals surface area contributed by atoms with Crippen LogP contribution in [-0.4, -0.2) is 74.2 Å². The van der Waals surface area contributed by atoms with Gasteiger partial charge in [0.15, 0.2) is 0 Å². The van der Waals surface area contributed by atoms with Crippen molar-refractivity contribution in [2.75, 3.05) is 64.0 Å². The van der Waals surface area contributed by atoms with Crippen molar-refractivity contribution in [2.24, 2.45) is 0 Å². The lowest BCUT2D eigenvalue weighted by atomic mass is 10.1. The van der Waals surface area contributed by atoms with Gasteiger partial charge in [-0.05, 0) is 38.4 Å². The number of aromatic nitrogens is 3. The molecule has 198 valence electrons. The molecule has 3 N–H and O–H groups in total. The maximum absolute atomic E-state index is 12.2. The van der Waals surface area contributed by atoms with Crippen molar-refractivity contribution in [2.45, 2.75) is 0 Å². The topological polar surface area (TPSA) is 108 Å². The van der Waals surface area contributed by atoms with E-state index >= 15 is 0 Å². The number of anilines is 4. The van der Waals surface area contributed by atoms with E-state index in [0.717, 1.165) is 46.7 Å². The van der Waals surface area contributed by atoms with Crippen LogP contribution in [0, 0.1) is 0 Å². The number of aromatic amines is 1. The van der Waals surface area contributed by atoms with Gasteiger partial charge in [0.05, 0.1) is 42.5 Å². The second kappa shape index (κ2) is 11.7. The Morgan fingerprint density at radius 3 is 2.58 bits per heavy atom. The van der Waals surface area contributed by atoms with Gasteiger partial charge >= 0.3 is 0 Å². The molecule has 0 aliphatic rings. The summed E-state index contributed by atoms with van der Waals surface area (Å²) in [4.78, 5) is 28.8. The molecule has 0 atom stereocenters. The summed E-state index contributed by atoms with van der Waals surface area (Å²) in [6.07, 6.45) is 4.84. The number of benzene rings is 2. The van der Waals surface area contributed by atoms with E-state index in [9.17, 15) is 4.79 Å². The van der Waals surface area contributed by atoms with Gasteiger partial charge in [-0.1, -0.05) is 18.7 Å². The van der Waals surface area contributed by atoms with E-state index in [4.69, 9.17) is 14.5 Å². The Bertz CT molecular complexity index is 1450. The predicted molar refractivity (Wildman–Crippen MR) is 153 cm³/mol.